The molecule has 3 aromatic heterocycles. The Bertz CT molecular complexity index is 1360. The fourth-order valence-corrected chi connectivity index (χ4v) is 5.07. The second-order valence-corrected chi connectivity index (χ2v) is 9.76. The lowest BCUT2D eigenvalue weighted by Crippen LogP contribution is -2.44. The topological polar surface area (TPSA) is 76.2 Å². The van der Waals surface area contributed by atoms with Crippen molar-refractivity contribution in [3.05, 3.63) is 67.3 Å². The maximum atomic E-state index is 4.64. The normalized spacial score (nSPS) is 16.6. The average Bonchev–Trinajstić information content (AvgIpc) is 3.60. The number of benzene rings is 1. The summed E-state index contributed by atoms with van der Waals surface area (Å²) in [7, 11) is 2.17. The van der Waals surface area contributed by atoms with Crippen molar-refractivity contribution in [1.82, 2.24) is 25.1 Å². The predicted octanol–water partition coefficient (Wildman–Crippen LogP) is 4.45. The minimum atomic E-state index is 0.735. The molecule has 8 heteroatoms. The third-order valence-electron chi connectivity index (χ3n) is 7.25. The van der Waals surface area contributed by atoms with Gasteiger partial charge in [-0.25, -0.2) is 4.98 Å². The zero-order valence-corrected chi connectivity index (χ0v) is 20.7. The number of nitrogens with one attached hydrogen (secondary N) is 2. The first kappa shape index (κ1) is 22.5. The van der Waals surface area contributed by atoms with Crippen molar-refractivity contribution in [2.75, 3.05) is 61.4 Å². The number of hydrogen-bond acceptors (Lipinski definition) is 7. The van der Waals surface area contributed by atoms with Crippen LogP contribution in [0, 0.1) is 0 Å². The van der Waals surface area contributed by atoms with Gasteiger partial charge in [-0.1, -0.05) is 12.6 Å². The first-order valence-electron chi connectivity index (χ1n) is 12.7. The average molecular weight is 481 g/mol. The second-order valence-electron chi connectivity index (χ2n) is 9.76. The van der Waals surface area contributed by atoms with Gasteiger partial charge in [0, 0.05) is 56.4 Å². The molecule has 0 saturated carbocycles. The summed E-state index contributed by atoms with van der Waals surface area (Å²) in [6.45, 7) is 10.6. The molecule has 2 saturated heterocycles. The molecule has 6 rings (SSSR count). The van der Waals surface area contributed by atoms with Crippen LogP contribution in [0.15, 0.2) is 61.6 Å². The Morgan fingerprint density at radius 3 is 2.50 bits per heavy atom. The molecule has 2 aliphatic heterocycles. The van der Waals surface area contributed by atoms with Crippen LogP contribution in [0.2, 0.25) is 0 Å². The van der Waals surface area contributed by atoms with Crippen molar-refractivity contribution in [3.8, 4) is 11.1 Å². The van der Waals surface area contributed by atoms with E-state index in [1.54, 1.807) is 0 Å². The molecule has 2 fully saturated rings. The van der Waals surface area contributed by atoms with Crippen LogP contribution in [0.1, 0.15) is 18.5 Å². The lowest BCUT2D eigenvalue weighted by atomic mass is 10.0. The zero-order chi connectivity index (χ0) is 24.5. The molecule has 36 heavy (non-hydrogen) atoms. The number of pyridine rings is 2. The highest BCUT2D eigenvalue weighted by molar-refractivity contribution is 5.95. The van der Waals surface area contributed by atoms with Crippen molar-refractivity contribution < 1.29 is 0 Å². The van der Waals surface area contributed by atoms with Gasteiger partial charge in [-0.3, -0.25) is 10.1 Å². The Balaban J connectivity index is 1.22. The molecule has 0 amide bonds. The van der Waals surface area contributed by atoms with E-state index in [1.165, 1.54) is 18.5 Å². The van der Waals surface area contributed by atoms with Crippen molar-refractivity contribution in [1.29, 1.82) is 0 Å². The number of nitrogens with zero attached hydrogens (tertiary/aromatic N) is 6. The molecule has 184 valence electrons. The SMILES string of the molecule is C=C(Nc1ccc(N2CCCC2)nc1)c1n[nH]c2ccc(-c3cncc(N4CCN(C)CC4)c3)cc12. The maximum Gasteiger partial charge on any atom is 0.128 e. The summed E-state index contributed by atoms with van der Waals surface area (Å²) < 4.78 is 0. The highest BCUT2D eigenvalue weighted by atomic mass is 15.2. The first-order valence-corrected chi connectivity index (χ1v) is 12.7. The van der Waals surface area contributed by atoms with Crippen LogP contribution in [0.3, 0.4) is 0 Å². The molecular formula is C28H32N8. The van der Waals surface area contributed by atoms with E-state index in [2.05, 4.69) is 90.2 Å². The quantitative estimate of drug-likeness (QED) is 0.422. The largest absolute Gasteiger partial charge is 0.368 e. The molecule has 2 aliphatic rings. The highest BCUT2D eigenvalue weighted by Crippen LogP contribution is 2.30. The van der Waals surface area contributed by atoms with E-state index in [-0.39, 0.29) is 0 Å². The van der Waals surface area contributed by atoms with Gasteiger partial charge < -0.3 is 20.0 Å². The van der Waals surface area contributed by atoms with E-state index in [1.807, 2.05) is 18.6 Å². The first-order chi connectivity index (χ1) is 17.6. The van der Waals surface area contributed by atoms with Crippen LogP contribution < -0.4 is 15.1 Å². The molecule has 0 radical (unpaired) electrons. The van der Waals surface area contributed by atoms with E-state index in [4.69, 9.17) is 0 Å². The van der Waals surface area contributed by atoms with Crippen LogP contribution >= 0.6 is 0 Å². The maximum absolute atomic E-state index is 4.64. The van der Waals surface area contributed by atoms with Gasteiger partial charge in [0.25, 0.3) is 0 Å². The summed E-state index contributed by atoms with van der Waals surface area (Å²) in [5.41, 5.74) is 6.79. The molecule has 0 aliphatic carbocycles. The minimum absolute atomic E-state index is 0.735. The monoisotopic (exact) mass is 480 g/mol. The molecule has 0 atom stereocenters. The van der Waals surface area contributed by atoms with Crippen LogP contribution in [-0.2, 0) is 0 Å². The third-order valence-corrected chi connectivity index (χ3v) is 7.25. The van der Waals surface area contributed by atoms with E-state index < -0.39 is 0 Å². The van der Waals surface area contributed by atoms with Gasteiger partial charge >= 0.3 is 0 Å². The van der Waals surface area contributed by atoms with Gasteiger partial charge in [0.15, 0.2) is 0 Å². The molecule has 4 aromatic rings. The number of aromatic amines is 1. The second kappa shape index (κ2) is 9.62. The molecule has 8 nitrogen and oxygen atoms in total. The summed E-state index contributed by atoms with van der Waals surface area (Å²) >= 11 is 0. The van der Waals surface area contributed by atoms with Crippen LogP contribution in [0.5, 0.6) is 0 Å². The van der Waals surface area contributed by atoms with Gasteiger partial charge in [0.05, 0.1) is 35.0 Å². The van der Waals surface area contributed by atoms with Crippen molar-refractivity contribution in [2.45, 2.75) is 12.8 Å². The molecule has 5 heterocycles. The number of rotatable bonds is 6. The van der Waals surface area contributed by atoms with Crippen LogP contribution in [0.4, 0.5) is 17.2 Å². The number of piperazine rings is 1. The van der Waals surface area contributed by atoms with Gasteiger partial charge in [-0.05, 0) is 55.8 Å². The number of aromatic nitrogens is 4. The van der Waals surface area contributed by atoms with Crippen molar-refractivity contribution >= 4 is 33.8 Å². The molecular weight excluding hydrogens is 448 g/mol. The minimum Gasteiger partial charge on any atom is -0.368 e. The van der Waals surface area contributed by atoms with Gasteiger partial charge in [0.2, 0.25) is 0 Å². The fourth-order valence-electron chi connectivity index (χ4n) is 5.07. The lowest BCUT2D eigenvalue weighted by molar-refractivity contribution is 0.313. The number of anilines is 3. The van der Waals surface area contributed by atoms with Crippen LogP contribution in [-0.4, -0.2) is 71.4 Å². The Morgan fingerprint density at radius 1 is 0.889 bits per heavy atom. The fraction of sp³-hybridized carbons (Fsp3) is 0.321. The standard InChI is InChI=1S/C28H32N8/c1-20(31-23-6-8-27(30-18-23)36-9-3-4-10-36)28-25-16-21(5-7-26(25)32-33-28)22-15-24(19-29-17-22)35-13-11-34(2)12-14-35/h5-8,15-19,31H,1,3-4,9-14H2,2H3,(H,32,33). The lowest BCUT2D eigenvalue weighted by Gasteiger charge is -2.34. The van der Waals surface area contributed by atoms with Crippen LogP contribution in [0.25, 0.3) is 27.7 Å². The Morgan fingerprint density at radius 2 is 1.72 bits per heavy atom. The van der Waals surface area contributed by atoms with Crippen molar-refractivity contribution in [3.63, 3.8) is 0 Å². The summed E-state index contributed by atoms with van der Waals surface area (Å²) in [6, 6.07) is 12.7. The Labute approximate surface area is 211 Å². The summed E-state index contributed by atoms with van der Waals surface area (Å²) in [5.74, 6) is 1.03. The predicted molar refractivity (Wildman–Crippen MR) is 147 cm³/mol. The number of fused-ring (bicyclic) bond motifs is 1. The van der Waals surface area contributed by atoms with E-state index in [0.29, 0.717) is 0 Å². The van der Waals surface area contributed by atoms with E-state index in [9.17, 15) is 0 Å². The van der Waals surface area contributed by atoms with Crippen molar-refractivity contribution in [2.24, 2.45) is 0 Å². The number of likely N-dealkylation sites (N-methyl/N-ethyl adjacent to an activating group) is 1. The molecule has 2 N–H and O–H groups in total. The Hall–Kier alpha value is -3.91. The van der Waals surface area contributed by atoms with Gasteiger partial charge in [0.1, 0.15) is 11.5 Å². The number of hydrogen-bond donors (Lipinski definition) is 2. The smallest absolute Gasteiger partial charge is 0.128 e. The summed E-state index contributed by atoms with van der Waals surface area (Å²) in [6.07, 6.45) is 8.24. The number of H-pyrrole nitrogens is 1. The molecule has 0 unspecified atom stereocenters. The summed E-state index contributed by atoms with van der Waals surface area (Å²) in [5, 5.41) is 12.1. The van der Waals surface area contributed by atoms with E-state index >= 15 is 0 Å². The molecule has 0 spiro atoms. The molecule has 1 aromatic carbocycles. The zero-order valence-electron chi connectivity index (χ0n) is 20.7. The highest BCUT2D eigenvalue weighted by Gasteiger charge is 2.17. The van der Waals surface area contributed by atoms with Gasteiger partial charge in [-0.2, -0.15) is 5.10 Å². The van der Waals surface area contributed by atoms with E-state index in [0.717, 1.165) is 84.2 Å². The molecule has 0 bridgehead atoms. The third kappa shape index (κ3) is 4.52. The van der Waals surface area contributed by atoms with Gasteiger partial charge in [-0.15, -0.1) is 0 Å². The summed E-state index contributed by atoms with van der Waals surface area (Å²) in [4.78, 5) is 16.3. The Kier molecular flexibility index (Phi) is 6.03.